The van der Waals surface area contributed by atoms with Crippen molar-refractivity contribution in [2.75, 3.05) is 13.6 Å². The van der Waals surface area contributed by atoms with Crippen molar-refractivity contribution in [3.05, 3.63) is 11.8 Å². The predicted octanol–water partition coefficient (Wildman–Crippen LogP) is 0.0512. The van der Waals surface area contributed by atoms with E-state index in [4.69, 9.17) is 5.73 Å². The molecule has 0 spiro atoms. The lowest BCUT2D eigenvalue weighted by molar-refractivity contribution is -0.134. The van der Waals surface area contributed by atoms with Crippen LogP contribution >= 0.6 is 0 Å². The average Bonchev–Trinajstić information content (AvgIpc) is 2.62. The van der Waals surface area contributed by atoms with E-state index in [1.165, 1.54) is 0 Å². The molecule has 1 rings (SSSR count). The molecular weight excluding hydrogens is 261 g/mol. The third kappa shape index (κ3) is 3.17. The van der Waals surface area contributed by atoms with Crippen molar-refractivity contribution in [3.63, 3.8) is 0 Å². The second-order valence-electron chi connectivity index (χ2n) is 3.30. The minimum atomic E-state index is -4.61. The van der Waals surface area contributed by atoms with Gasteiger partial charge in [-0.1, -0.05) is 0 Å². The van der Waals surface area contributed by atoms with Crippen molar-refractivity contribution in [2.24, 2.45) is 5.73 Å². The van der Waals surface area contributed by atoms with Crippen LogP contribution in [0, 0.1) is 0 Å². The monoisotopic (exact) mass is 272 g/mol. The quantitative estimate of drug-likeness (QED) is 0.810. The van der Waals surface area contributed by atoms with E-state index in [9.17, 15) is 21.6 Å². The largest absolute Gasteiger partial charge is 0.402 e. The summed E-state index contributed by atoms with van der Waals surface area (Å²) < 4.78 is 60.0. The molecule has 0 fully saturated rings. The standard InChI is InChI=1S/C7H11F3N4O2S/c1-14(4-7(8,9)10)17(15,16)6-5(2-11)3-12-13-6/h3H,2,4,11H2,1H3,(H,12,13). The molecule has 98 valence electrons. The molecule has 10 heteroatoms. The van der Waals surface area contributed by atoms with Crippen LogP contribution in [0.5, 0.6) is 0 Å². The van der Waals surface area contributed by atoms with E-state index in [1.54, 1.807) is 0 Å². The number of nitrogens with two attached hydrogens (primary N) is 1. The van der Waals surface area contributed by atoms with Gasteiger partial charge in [0.1, 0.15) is 6.54 Å². The Morgan fingerprint density at radius 1 is 1.53 bits per heavy atom. The molecule has 1 aromatic rings. The lowest BCUT2D eigenvalue weighted by Crippen LogP contribution is -2.36. The molecule has 0 radical (unpaired) electrons. The first-order valence-electron chi connectivity index (χ1n) is 4.44. The van der Waals surface area contributed by atoms with Crippen LogP contribution < -0.4 is 5.73 Å². The van der Waals surface area contributed by atoms with E-state index >= 15 is 0 Å². The van der Waals surface area contributed by atoms with Crippen LogP contribution in [0.15, 0.2) is 11.2 Å². The van der Waals surface area contributed by atoms with Crippen LogP contribution in [-0.2, 0) is 16.6 Å². The van der Waals surface area contributed by atoms with E-state index < -0.39 is 27.8 Å². The van der Waals surface area contributed by atoms with Gasteiger partial charge in [0.2, 0.25) is 0 Å². The lowest BCUT2D eigenvalue weighted by Gasteiger charge is -2.18. The van der Waals surface area contributed by atoms with Crippen molar-refractivity contribution in [1.29, 1.82) is 0 Å². The predicted molar refractivity (Wildman–Crippen MR) is 52.3 cm³/mol. The highest BCUT2D eigenvalue weighted by Crippen LogP contribution is 2.21. The van der Waals surface area contributed by atoms with Crippen LogP contribution in [0.1, 0.15) is 5.56 Å². The average molecular weight is 272 g/mol. The van der Waals surface area contributed by atoms with Gasteiger partial charge < -0.3 is 5.73 Å². The topological polar surface area (TPSA) is 92.1 Å². The Balaban J connectivity index is 3.04. The first kappa shape index (κ1) is 13.9. The summed E-state index contributed by atoms with van der Waals surface area (Å²) in [4.78, 5) is 0. The van der Waals surface area contributed by atoms with Crippen LogP contribution in [0.4, 0.5) is 13.2 Å². The van der Waals surface area contributed by atoms with Gasteiger partial charge in [0.05, 0.1) is 6.20 Å². The number of hydrogen-bond acceptors (Lipinski definition) is 4. The van der Waals surface area contributed by atoms with Crippen molar-refractivity contribution < 1.29 is 21.6 Å². The molecule has 1 heterocycles. The van der Waals surface area contributed by atoms with Gasteiger partial charge in [-0.3, -0.25) is 5.10 Å². The molecule has 0 atom stereocenters. The molecule has 0 aliphatic rings. The number of aromatic nitrogens is 2. The number of sulfonamides is 1. The molecule has 3 N–H and O–H groups in total. The van der Waals surface area contributed by atoms with E-state index in [0.29, 0.717) is 0 Å². The fraction of sp³-hybridized carbons (Fsp3) is 0.571. The zero-order chi connectivity index (χ0) is 13.3. The molecule has 0 unspecified atom stereocenters. The maximum Gasteiger partial charge on any atom is 0.402 e. The van der Waals surface area contributed by atoms with Gasteiger partial charge in [-0.15, -0.1) is 0 Å². The van der Waals surface area contributed by atoms with Crippen LogP contribution in [-0.4, -0.2) is 42.7 Å². The van der Waals surface area contributed by atoms with Crippen molar-refractivity contribution in [1.82, 2.24) is 14.5 Å². The Hall–Kier alpha value is -1.13. The van der Waals surface area contributed by atoms with Gasteiger partial charge in [0, 0.05) is 19.2 Å². The molecule has 0 saturated heterocycles. The van der Waals surface area contributed by atoms with Crippen molar-refractivity contribution in [2.45, 2.75) is 17.7 Å². The number of halogens is 3. The maximum atomic E-state index is 12.1. The summed E-state index contributed by atoms with van der Waals surface area (Å²) in [5, 5.41) is 5.17. The summed E-state index contributed by atoms with van der Waals surface area (Å²) in [6.07, 6.45) is -3.45. The summed E-state index contributed by atoms with van der Waals surface area (Å²) in [6.45, 7) is -1.71. The Morgan fingerprint density at radius 2 is 2.12 bits per heavy atom. The van der Waals surface area contributed by atoms with Gasteiger partial charge >= 0.3 is 6.18 Å². The molecular formula is C7H11F3N4O2S. The number of aromatic amines is 1. The van der Waals surface area contributed by atoms with Gasteiger partial charge in [-0.2, -0.15) is 22.6 Å². The summed E-state index contributed by atoms with van der Waals surface area (Å²) in [6, 6.07) is 0. The highest BCUT2D eigenvalue weighted by molar-refractivity contribution is 7.89. The van der Waals surface area contributed by atoms with Crippen LogP contribution in [0.25, 0.3) is 0 Å². The summed E-state index contributed by atoms with van der Waals surface area (Å²) in [5.74, 6) is 0. The second kappa shape index (κ2) is 4.63. The molecule has 1 aromatic heterocycles. The van der Waals surface area contributed by atoms with Gasteiger partial charge in [0.25, 0.3) is 10.0 Å². The van der Waals surface area contributed by atoms with Crippen molar-refractivity contribution >= 4 is 10.0 Å². The summed E-state index contributed by atoms with van der Waals surface area (Å²) in [7, 11) is -3.42. The van der Waals surface area contributed by atoms with Crippen LogP contribution in [0.2, 0.25) is 0 Å². The van der Waals surface area contributed by atoms with Crippen molar-refractivity contribution in [3.8, 4) is 0 Å². The summed E-state index contributed by atoms with van der Waals surface area (Å²) >= 11 is 0. The van der Waals surface area contributed by atoms with Gasteiger partial charge in [0.15, 0.2) is 5.03 Å². The zero-order valence-electron chi connectivity index (χ0n) is 8.82. The third-order valence-corrected chi connectivity index (χ3v) is 3.79. The van der Waals surface area contributed by atoms with Crippen LogP contribution in [0.3, 0.4) is 0 Å². The first-order chi connectivity index (χ1) is 7.68. The highest BCUT2D eigenvalue weighted by atomic mass is 32.2. The first-order valence-corrected chi connectivity index (χ1v) is 5.88. The Kier molecular flexibility index (Phi) is 3.79. The fourth-order valence-electron chi connectivity index (χ4n) is 1.16. The molecule has 0 aliphatic heterocycles. The van der Waals surface area contributed by atoms with E-state index in [0.717, 1.165) is 13.2 Å². The lowest BCUT2D eigenvalue weighted by atomic mass is 10.4. The van der Waals surface area contributed by atoms with E-state index in [2.05, 4.69) is 10.2 Å². The van der Waals surface area contributed by atoms with E-state index in [-0.39, 0.29) is 16.4 Å². The number of hydrogen-bond donors (Lipinski definition) is 2. The minimum absolute atomic E-state index is 0.134. The van der Waals surface area contributed by atoms with E-state index in [1.807, 2.05) is 0 Å². The minimum Gasteiger partial charge on any atom is -0.326 e. The number of nitrogens with zero attached hydrogens (tertiary/aromatic N) is 2. The molecule has 17 heavy (non-hydrogen) atoms. The highest BCUT2D eigenvalue weighted by Gasteiger charge is 2.36. The van der Waals surface area contributed by atoms with Gasteiger partial charge in [-0.25, -0.2) is 8.42 Å². The molecule has 0 bridgehead atoms. The zero-order valence-corrected chi connectivity index (χ0v) is 9.64. The number of rotatable bonds is 4. The molecule has 0 amide bonds. The molecule has 0 aliphatic carbocycles. The Labute approximate surface area is 95.6 Å². The number of alkyl halides is 3. The molecule has 0 aromatic carbocycles. The SMILES string of the molecule is CN(CC(F)(F)F)S(=O)(=O)c1[nH]ncc1CN. The number of H-pyrrole nitrogens is 1. The summed E-state index contributed by atoms with van der Waals surface area (Å²) in [5.41, 5.74) is 5.39. The third-order valence-electron chi connectivity index (χ3n) is 1.97. The Morgan fingerprint density at radius 3 is 2.59 bits per heavy atom. The number of nitrogens with one attached hydrogen (secondary N) is 1. The normalized spacial score (nSPS) is 13.3. The fourth-order valence-corrected chi connectivity index (χ4v) is 2.42. The molecule has 6 nitrogen and oxygen atoms in total. The van der Waals surface area contributed by atoms with Gasteiger partial charge in [-0.05, 0) is 0 Å². The second-order valence-corrected chi connectivity index (χ2v) is 5.29. The maximum absolute atomic E-state index is 12.1. The molecule has 0 saturated carbocycles. The smallest absolute Gasteiger partial charge is 0.326 e. The Bertz CT molecular complexity index is 482.